The molecule has 15 heavy (non-hydrogen) atoms. The topological polar surface area (TPSA) is 45.8 Å². The van der Waals surface area contributed by atoms with Crippen molar-refractivity contribution in [1.29, 1.82) is 0 Å². The summed E-state index contributed by atoms with van der Waals surface area (Å²) in [6, 6.07) is 7.53. The Morgan fingerprint density at radius 1 is 1.33 bits per heavy atom. The van der Waals surface area contributed by atoms with Gasteiger partial charge in [0.2, 0.25) is 5.78 Å². The first-order valence-electron chi connectivity index (χ1n) is 3.95. The number of H-pyrrole nitrogens is 1. The van der Waals surface area contributed by atoms with Gasteiger partial charge in [-0.05, 0) is 12.1 Å². The van der Waals surface area contributed by atoms with E-state index >= 15 is 0 Å². The van der Waals surface area contributed by atoms with Crippen molar-refractivity contribution in [3.8, 4) is 0 Å². The number of alkyl halides is 2. The third-order valence-electron chi connectivity index (χ3n) is 1.82. The van der Waals surface area contributed by atoms with Crippen molar-refractivity contribution >= 4 is 65.7 Å². The number of nitrogens with one attached hydrogen (secondary N) is 1. The van der Waals surface area contributed by atoms with E-state index in [-0.39, 0.29) is 22.8 Å². The quantitative estimate of drug-likeness (QED) is 0.622. The number of halogens is 3. The summed E-state index contributed by atoms with van der Waals surface area (Å²) in [6.45, 7) is 0. The van der Waals surface area contributed by atoms with Gasteiger partial charge < -0.3 is 4.98 Å². The maximum absolute atomic E-state index is 11.5. The Morgan fingerprint density at radius 3 is 2.60 bits per heavy atom. The molecule has 0 bridgehead atoms. The molecular weight excluding hydrogens is 392 g/mol. The van der Waals surface area contributed by atoms with Crippen molar-refractivity contribution in [1.82, 2.24) is 9.97 Å². The van der Waals surface area contributed by atoms with E-state index in [0.717, 1.165) is 11.0 Å². The summed E-state index contributed by atoms with van der Waals surface area (Å²) >= 11 is 6.28. The maximum Gasteiger partial charge on any atom is 0.222 e. The van der Waals surface area contributed by atoms with Crippen LogP contribution in [-0.4, -0.2) is 19.5 Å². The fourth-order valence-corrected chi connectivity index (χ4v) is 1.61. The molecule has 2 rings (SSSR count). The molecule has 0 unspecified atom stereocenters. The number of fused-ring (bicyclic) bond motifs is 1. The molecular formula is C9H7Br3N2O. The van der Waals surface area contributed by atoms with Crippen LogP contribution in [0.15, 0.2) is 24.3 Å². The molecule has 3 nitrogen and oxygen atoms in total. The summed E-state index contributed by atoms with van der Waals surface area (Å²) < 4.78 is -0.393. The molecule has 1 aromatic heterocycles. The zero-order chi connectivity index (χ0) is 10.1. The molecule has 0 atom stereocenters. The van der Waals surface area contributed by atoms with E-state index in [0.29, 0.717) is 5.82 Å². The third kappa shape index (κ3) is 2.68. The summed E-state index contributed by atoms with van der Waals surface area (Å²) in [7, 11) is 0. The van der Waals surface area contributed by atoms with Crippen LogP contribution in [0.5, 0.6) is 0 Å². The molecule has 0 radical (unpaired) electrons. The highest BCUT2D eigenvalue weighted by Crippen LogP contribution is 2.16. The van der Waals surface area contributed by atoms with Gasteiger partial charge in [-0.15, -0.1) is 17.0 Å². The van der Waals surface area contributed by atoms with Crippen LogP contribution < -0.4 is 0 Å². The first kappa shape index (κ1) is 12.9. The van der Waals surface area contributed by atoms with Crippen molar-refractivity contribution in [2.45, 2.75) is 3.74 Å². The second kappa shape index (κ2) is 5.23. The zero-order valence-electron chi connectivity index (χ0n) is 7.41. The zero-order valence-corrected chi connectivity index (χ0v) is 12.3. The number of carbonyl (C=O) groups is 1. The lowest BCUT2D eigenvalue weighted by Gasteiger charge is -1.94. The van der Waals surface area contributed by atoms with Crippen molar-refractivity contribution in [3.05, 3.63) is 30.1 Å². The van der Waals surface area contributed by atoms with Gasteiger partial charge in [0.1, 0.15) is 3.74 Å². The molecule has 0 aliphatic carbocycles. The Kier molecular flexibility index (Phi) is 4.48. The molecule has 0 fully saturated rings. The molecule has 80 valence electrons. The number of aromatic nitrogens is 2. The molecule has 0 aliphatic heterocycles. The normalized spacial score (nSPS) is 10.3. The van der Waals surface area contributed by atoms with Crippen molar-refractivity contribution in [2.75, 3.05) is 0 Å². The number of hydrogen-bond acceptors (Lipinski definition) is 2. The monoisotopic (exact) mass is 396 g/mol. The number of aromatic amines is 1. The van der Waals surface area contributed by atoms with E-state index in [1.54, 1.807) is 0 Å². The largest absolute Gasteiger partial charge is 0.335 e. The molecule has 1 aromatic carbocycles. The molecule has 0 aliphatic rings. The molecule has 2 aromatic rings. The van der Waals surface area contributed by atoms with Gasteiger partial charge in [0.15, 0.2) is 5.82 Å². The molecule has 0 amide bonds. The van der Waals surface area contributed by atoms with E-state index < -0.39 is 3.74 Å². The summed E-state index contributed by atoms with van der Waals surface area (Å²) in [6.07, 6.45) is 0. The Balaban J connectivity index is 0.00000112. The number of hydrogen-bond donors (Lipinski definition) is 1. The highest BCUT2D eigenvalue weighted by atomic mass is 79.9. The lowest BCUT2D eigenvalue weighted by Crippen LogP contribution is -2.08. The number of Topliss-reactive ketones (excluding diaryl/α,β-unsaturated/α-hetero) is 1. The molecule has 0 saturated carbocycles. The second-order valence-corrected chi connectivity index (χ2v) is 5.83. The fourth-order valence-electron chi connectivity index (χ4n) is 1.17. The highest BCUT2D eigenvalue weighted by Gasteiger charge is 2.17. The Morgan fingerprint density at radius 2 is 2.00 bits per heavy atom. The van der Waals surface area contributed by atoms with Crippen molar-refractivity contribution in [3.63, 3.8) is 0 Å². The Bertz CT molecular complexity index is 448. The van der Waals surface area contributed by atoms with Gasteiger partial charge in [0.25, 0.3) is 0 Å². The van der Waals surface area contributed by atoms with Crippen molar-refractivity contribution in [2.24, 2.45) is 0 Å². The van der Waals surface area contributed by atoms with Crippen LogP contribution in [0.1, 0.15) is 10.6 Å². The molecule has 0 spiro atoms. The van der Waals surface area contributed by atoms with Crippen LogP contribution >= 0.6 is 48.8 Å². The minimum absolute atomic E-state index is 0. The van der Waals surface area contributed by atoms with Crippen LogP contribution in [0.3, 0.4) is 0 Å². The van der Waals surface area contributed by atoms with E-state index in [1.807, 2.05) is 24.3 Å². The van der Waals surface area contributed by atoms with Crippen LogP contribution in [0.2, 0.25) is 0 Å². The van der Waals surface area contributed by atoms with Crippen LogP contribution in [0.25, 0.3) is 11.0 Å². The second-order valence-electron chi connectivity index (χ2n) is 2.77. The Labute approximate surface area is 114 Å². The third-order valence-corrected chi connectivity index (χ3v) is 2.65. The number of benzene rings is 1. The number of rotatable bonds is 2. The number of carbonyl (C=O) groups excluding carboxylic acids is 1. The smallest absolute Gasteiger partial charge is 0.222 e. The SMILES string of the molecule is Br.O=C(c1nc2ccccc2[nH]1)C(Br)Br. The van der Waals surface area contributed by atoms with E-state index in [4.69, 9.17) is 0 Å². The molecule has 1 heterocycles. The summed E-state index contributed by atoms with van der Waals surface area (Å²) in [5.41, 5.74) is 1.67. The van der Waals surface area contributed by atoms with Gasteiger partial charge in [-0.1, -0.05) is 44.0 Å². The Hall–Kier alpha value is -0.200. The summed E-state index contributed by atoms with van der Waals surface area (Å²) in [4.78, 5) is 18.7. The van der Waals surface area contributed by atoms with Crippen LogP contribution in [0, 0.1) is 0 Å². The summed E-state index contributed by atoms with van der Waals surface area (Å²) in [5.74, 6) is 0.256. The first-order valence-corrected chi connectivity index (χ1v) is 5.79. The molecule has 6 heteroatoms. The lowest BCUT2D eigenvalue weighted by atomic mass is 10.3. The fraction of sp³-hybridized carbons (Fsp3) is 0.111. The van der Waals surface area contributed by atoms with Gasteiger partial charge in [-0.25, -0.2) is 4.98 Å². The van der Waals surface area contributed by atoms with Gasteiger partial charge in [0, 0.05) is 0 Å². The van der Waals surface area contributed by atoms with Gasteiger partial charge in [-0.2, -0.15) is 0 Å². The van der Waals surface area contributed by atoms with Crippen molar-refractivity contribution < 1.29 is 4.79 Å². The average molecular weight is 399 g/mol. The number of para-hydroxylation sites is 2. The van der Waals surface area contributed by atoms with E-state index in [1.165, 1.54) is 0 Å². The van der Waals surface area contributed by atoms with E-state index in [2.05, 4.69) is 41.8 Å². The predicted octanol–water partition coefficient (Wildman–Crippen LogP) is 3.44. The maximum atomic E-state index is 11.5. The van der Waals surface area contributed by atoms with Gasteiger partial charge in [0.05, 0.1) is 11.0 Å². The molecule has 1 N–H and O–H groups in total. The minimum atomic E-state index is -0.393. The van der Waals surface area contributed by atoms with E-state index in [9.17, 15) is 4.79 Å². The van der Waals surface area contributed by atoms with Gasteiger partial charge >= 0.3 is 0 Å². The lowest BCUT2D eigenvalue weighted by molar-refractivity contribution is 0.100. The number of nitrogens with zero attached hydrogens (tertiary/aromatic N) is 1. The molecule has 0 saturated heterocycles. The average Bonchev–Trinajstić information content (AvgIpc) is 2.59. The standard InChI is InChI=1S/C9H6Br2N2O.BrH/c10-8(11)7(14)9-12-5-3-1-2-4-6(5)13-9;/h1-4,8H,(H,12,13);1H. The van der Waals surface area contributed by atoms with Crippen LogP contribution in [0.4, 0.5) is 0 Å². The number of ketones is 1. The first-order chi connectivity index (χ1) is 6.68. The minimum Gasteiger partial charge on any atom is -0.335 e. The summed E-state index contributed by atoms with van der Waals surface area (Å²) in [5, 5.41) is 0. The van der Waals surface area contributed by atoms with Gasteiger partial charge in [-0.3, -0.25) is 4.79 Å². The predicted molar refractivity (Wildman–Crippen MR) is 72.4 cm³/mol. The van der Waals surface area contributed by atoms with Crippen LogP contribution in [-0.2, 0) is 0 Å². The highest BCUT2D eigenvalue weighted by molar-refractivity contribution is 9.25. The number of imidazole rings is 1.